The van der Waals surface area contributed by atoms with Crippen molar-refractivity contribution >= 4 is 11.8 Å². The quantitative estimate of drug-likeness (QED) is 0.155. The second-order valence-corrected chi connectivity index (χ2v) is 9.54. The molecule has 7 nitrogen and oxygen atoms in total. The van der Waals surface area contributed by atoms with E-state index in [-0.39, 0.29) is 64.0 Å². The number of benzene rings is 3. The predicted molar refractivity (Wildman–Crippen MR) is 147 cm³/mol. The Balaban J connectivity index is 0.00000441. The molecule has 0 aliphatic carbocycles. The largest absolute Gasteiger partial charge is 0.497 e. The number of carbonyl (C=O) groups is 2. The third kappa shape index (κ3) is 7.58. The topological polar surface area (TPSA) is 80.3 Å². The third-order valence-electron chi connectivity index (χ3n) is 6.80. The van der Waals surface area contributed by atoms with Crippen LogP contribution in [0.4, 0.5) is 0 Å². The van der Waals surface area contributed by atoms with Crippen molar-refractivity contribution in [1.29, 1.82) is 0 Å². The third-order valence-corrected chi connectivity index (χ3v) is 6.80. The maximum absolute atomic E-state index is 12.4. The van der Waals surface area contributed by atoms with Crippen LogP contribution in [-0.4, -0.2) is 50.9 Å². The Morgan fingerprint density at radius 2 is 1.35 bits per heavy atom. The van der Waals surface area contributed by atoms with Crippen molar-refractivity contribution in [3.63, 3.8) is 0 Å². The van der Waals surface area contributed by atoms with E-state index in [0.29, 0.717) is 0 Å². The molecule has 0 amide bonds. The number of ketones is 1. The Bertz CT molecular complexity index is 1180. The first-order chi connectivity index (χ1) is 18.8. The summed E-state index contributed by atoms with van der Waals surface area (Å²) in [7, 11) is 3.26. The van der Waals surface area contributed by atoms with E-state index in [0.717, 1.165) is 28.2 Å². The first-order valence-corrected chi connectivity index (χ1v) is 13.0. The number of Topliss-reactive ketones (excluding diaryl/α,β-unsaturated/α-hetero) is 1. The first-order valence-electron chi connectivity index (χ1n) is 13.0. The minimum Gasteiger partial charge on any atom is -0.497 e. The Kier molecular flexibility index (Phi) is 11.9. The van der Waals surface area contributed by atoms with Gasteiger partial charge in [0.25, 0.3) is 0 Å². The molecule has 0 spiro atoms. The molecule has 0 saturated carbocycles. The van der Waals surface area contributed by atoms with Crippen molar-refractivity contribution in [1.82, 2.24) is 0 Å². The molecule has 1 saturated heterocycles. The molecule has 40 heavy (non-hydrogen) atoms. The second kappa shape index (κ2) is 14.9. The number of hydrogen-bond donors (Lipinski definition) is 0. The summed E-state index contributed by atoms with van der Waals surface area (Å²) in [5.74, 6) is 0.971. The maximum Gasteiger partial charge on any atom is 0.303 e. The fraction of sp³-hybridized carbons (Fsp3) is 0.344. The van der Waals surface area contributed by atoms with E-state index < -0.39 is 23.8 Å². The van der Waals surface area contributed by atoms with Gasteiger partial charge in [-0.3, -0.25) is 11.2 Å². The predicted octanol–water partition coefficient (Wildman–Crippen LogP) is 5.28. The van der Waals surface area contributed by atoms with Crippen molar-refractivity contribution in [2.45, 2.75) is 50.6 Å². The summed E-state index contributed by atoms with van der Waals surface area (Å²) in [4.78, 5) is 23.8. The van der Waals surface area contributed by atoms with Crippen molar-refractivity contribution in [2.75, 3.05) is 20.8 Å². The van der Waals surface area contributed by atoms with Gasteiger partial charge >= 0.3 is 5.97 Å². The number of rotatable bonds is 12. The number of hydrogen-bond acceptors (Lipinski definition) is 7. The number of carbonyl (C=O) groups excluding carboxylic acids is 2. The standard InChI is InChI=1S/C32H35O7.Y/c1-22(33)10-19-31(34)39-29-20-23(2)38-30(29)21-37-32(24-8-6-5-7-9-24,25-11-15-27(35-3)16-12-25)26-13-17-28(36-4)18-14-26;/h5-9,11-18,20,23,29-30H,10,19,21H2,1-4H3;/q-1;/t23-,29?,30+;/m0./s1. The van der Waals surface area contributed by atoms with E-state index in [4.69, 9.17) is 23.7 Å². The van der Waals surface area contributed by atoms with Crippen LogP contribution in [0, 0.1) is 6.42 Å². The van der Waals surface area contributed by atoms with E-state index in [1.165, 1.54) is 6.92 Å². The first kappa shape index (κ1) is 31.9. The van der Waals surface area contributed by atoms with Crippen molar-refractivity contribution < 1.29 is 66.0 Å². The summed E-state index contributed by atoms with van der Waals surface area (Å²) in [5, 5.41) is 0. The summed E-state index contributed by atoms with van der Waals surface area (Å²) >= 11 is 0. The number of ether oxygens (including phenoxy) is 5. The average molecular weight is 621 g/mol. The second-order valence-electron chi connectivity index (χ2n) is 9.54. The minimum absolute atomic E-state index is 0. The number of methoxy groups -OCH3 is 2. The fourth-order valence-electron chi connectivity index (χ4n) is 4.81. The van der Waals surface area contributed by atoms with Gasteiger partial charge in [0, 0.05) is 45.2 Å². The Labute approximate surface area is 261 Å². The van der Waals surface area contributed by atoms with E-state index in [9.17, 15) is 9.59 Å². The van der Waals surface area contributed by atoms with E-state index in [2.05, 4.69) is 0 Å². The molecule has 1 radical (unpaired) electrons. The molecule has 1 aliphatic rings. The molecular weight excluding hydrogens is 585 g/mol. The molecule has 1 unspecified atom stereocenters. The minimum atomic E-state index is -1.02. The van der Waals surface area contributed by atoms with Gasteiger partial charge in [-0.05, 0) is 47.9 Å². The van der Waals surface area contributed by atoms with Crippen molar-refractivity contribution in [2.24, 2.45) is 0 Å². The van der Waals surface area contributed by atoms with E-state index in [1.807, 2.05) is 92.2 Å². The Morgan fingerprint density at radius 1 is 0.825 bits per heavy atom. The summed E-state index contributed by atoms with van der Waals surface area (Å²) in [6.07, 6.45) is 0.686. The molecule has 0 N–H and O–H groups in total. The van der Waals surface area contributed by atoms with Crippen molar-refractivity contribution in [3.8, 4) is 11.5 Å². The molecule has 0 bridgehead atoms. The average Bonchev–Trinajstić information content (AvgIpc) is 3.31. The van der Waals surface area contributed by atoms with E-state index in [1.54, 1.807) is 14.2 Å². The van der Waals surface area contributed by atoms with Crippen LogP contribution in [0.5, 0.6) is 11.5 Å². The zero-order valence-corrected chi connectivity index (χ0v) is 26.2. The molecule has 209 valence electrons. The molecule has 8 heteroatoms. The van der Waals surface area contributed by atoms with Crippen molar-refractivity contribution in [3.05, 3.63) is 102 Å². The Morgan fingerprint density at radius 3 is 1.85 bits per heavy atom. The van der Waals surface area contributed by atoms with Crippen LogP contribution >= 0.6 is 0 Å². The summed E-state index contributed by atoms with van der Waals surface area (Å²) in [5.41, 5.74) is 1.69. The zero-order chi connectivity index (χ0) is 27.8. The van der Waals surface area contributed by atoms with Crippen LogP contribution in [0.25, 0.3) is 0 Å². The monoisotopic (exact) mass is 620 g/mol. The maximum atomic E-state index is 12.4. The van der Waals surface area contributed by atoms with Crippen LogP contribution in [-0.2, 0) is 62.1 Å². The summed E-state index contributed by atoms with van der Waals surface area (Å²) < 4.78 is 29.5. The number of esters is 1. The van der Waals surface area contributed by atoms with Gasteiger partial charge in [0.2, 0.25) is 0 Å². The fourth-order valence-corrected chi connectivity index (χ4v) is 4.81. The normalized spacial score (nSPS) is 18.4. The van der Waals surface area contributed by atoms with E-state index >= 15 is 0 Å². The summed E-state index contributed by atoms with van der Waals surface area (Å²) in [6.45, 7) is 3.49. The van der Waals surface area contributed by atoms with Gasteiger partial charge < -0.3 is 28.5 Å². The van der Waals surface area contributed by atoms with Gasteiger partial charge in [-0.1, -0.05) is 67.6 Å². The molecule has 1 fully saturated rings. The van der Waals surface area contributed by atoms with Gasteiger partial charge in [-0.15, -0.1) is 0 Å². The molecule has 3 atom stereocenters. The van der Waals surface area contributed by atoms with Gasteiger partial charge in [-0.2, -0.15) is 0 Å². The van der Waals surface area contributed by atoms with Gasteiger partial charge in [-0.25, -0.2) is 0 Å². The van der Waals surface area contributed by atoms with Crippen LogP contribution in [0.2, 0.25) is 0 Å². The molecule has 3 aromatic rings. The molecular formula is C32H35O7Y-. The zero-order valence-electron chi connectivity index (χ0n) is 23.4. The summed E-state index contributed by atoms with van der Waals surface area (Å²) in [6, 6.07) is 25.5. The van der Waals surface area contributed by atoms with Crippen LogP contribution in [0.1, 0.15) is 43.4 Å². The van der Waals surface area contributed by atoms with Gasteiger partial charge in [0.15, 0.2) is 0 Å². The smallest absolute Gasteiger partial charge is 0.303 e. The molecule has 1 aliphatic heterocycles. The van der Waals surface area contributed by atoms with Gasteiger partial charge in [0.1, 0.15) is 22.9 Å². The molecule has 4 rings (SSSR count). The SMILES string of the molecule is COc1ccc(C(OC[C@H]2O[C@@H](C)[CH-]C2OC(=O)CCC(C)=O)(c2ccccc2)c2ccc(OC)cc2)cc1.[Y]. The van der Waals surface area contributed by atoms with Crippen LogP contribution < -0.4 is 9.47 Å². The molecule has 0 aromatic heterocycles. The Hall–Kier alpha value is -2.58. The van der Waals surface area contributed by atoms with Crippen LogP contribution in [0.3, 0.4) is 0 Å². The molecule has 1 heterocycles. The molecule has 3 aromatic carbocycles. The van der Waals surface area contributed by atoms with Crippen LogP contribution in [0.15, 0.2) is 78.9 Å². The van der Waals surface area contributed by atoms with Gasteiger partial charge in [0.05, 0.1) is 33.4 Å².